The van der Waals surface area contributed by atoms with Crippen molar-refractivity contribution in [3.05, 3.63) is 0 Å². The predicted molar refractivity (Wildman–Crippen MR) is 32.3 cm³/mol. The molecule has 0 aromatic carbocycles. The molecule has 44 valence electrons. The smallest absolute Gasteiger partial charge is 0.121 e. The molecule has 0 rings (SSSR count). The van der Waals surface area contributed by atoms with E-state index in [1.165, 1.54) is 11.8 Å². The molecule has 0 aliphatic carbocycles. The van der Waals surface area contributed by atoms with Crippen molar-refractivity contribution >= 4 is 11.8 Å². The summed E-state index contributed by atoms with van der Waals surface area (Å²) in [6.07, 6.45) is 1.05. The van der Waals surface area contributed by atoms with Crippen LogP contribution in [-0.2, 0) is 0 Å². The fourth-order valence-corrected chi connectivity index (χ4v) is 0.747. The number of nitrogens with two attached hydrogens (primary N) is 1. The third-order valence-corrected chi connectivity index (χ3v) is 1.30. The van der Waals surface area contributed by atoms with Gasteiger partial charge in [0.15, 0.2) is 0 Å². The number of hydrogen-bond acceptors (Lipinski definition) is 2. The van der Waals surface area contributed by atoms with E-state index in [9.17, 15) is 4.39 Å². The molecule has 0 heterocycles. The van der Waals surface area contributed by atoms with Gasteiger partial charge in [0, 0.05) is 12.3 Å². The molecule has 0 radical (unpaired) electrons. The molecule has 0 aliphatic rings. The number of rotatable bonds is 3. The molecule has 0 amide bonds. The standard InChI is InChI=1S/C4H10FNS/c1-7-3-4(5)2-6/h4H,2-3,6H2,1H3. The molecule has 3 heteroatoms. The fourth-order valence-electron chi connectivity index (χ4n) is 0.249. The van der Waals surface area contributed by atoms with Gasteiger partial charge in [-0.3, -0.25) is 0 Å². The maximum absolute atomic E-state index is 12.0. The van der Waals surface area contributed by atoms with Crippen molar-refractivity contribution in [2.24, 2.45) is 5.73 Å². The van der Waals surface area contributed by atoms with E-state index < -0.39 is 6.17 Å². The molecule has 7 heavy (non-hydrogen) atoms. The minimum atomic E-state index is -0.810. The SMILES string of the molecule is CSCC(F)CN. The van der Waals surface area contributed by atoms with E-state index in [1.807, 2.05) is 6.26 Å². The summed E-state index contributed by atoms with van der Waals surface area (Å²) in [4.78, 5) is 0. The van der Waals surface area contributed by atoms with Crippen LogP contribution >= 0.6 is 11.8 Å². The molecule has 0 saturated carbocycles. The molecule has 0 saturated heterocycles. The largest absolute Gasteiger partial charge is 0.328 e. The van der Waals surface area contributed by atoms with Gasteiger partial charge in [-0.1, -0.05) is 0 Å². The molecule has 2 N–H and O–H groups in total. The Balaban J connectivity index is 2.83. The second kappa shape index (κ2) is 4.40. The number of halogens is 1. The summed E-state index contributed by atoms with van der Waals surface area (Å²) in [6, 6.07) is 0. The average molecular weight is 123 g/mol. The van der Waals surface area contributed by atoms with Crippen molar-refractivity contribution in [3.63, 3.8) is 0 Å². The predicted octanol–water partition coefficient (Wildman–Crippen LogP) is 0.646. The first-order valence-electron chi connectivity index (χ1n) is 2.14. The molecule has 0 aromatic rings. The van der Waals surface area contributed by atoms with Crippen LogP contribution in [0.1, 0.15) is 0 Å². The molecular weight excluding hydrogens is 113 g/mol. The Morgan fingerprint density at radius 3 is 2.57 bits per heavy atom. The van der Waals surface area contributed by atoms with Gasteiger partial charge in [0.05, 0.1) is 0 Å². The molecule has 1 nitrogen and oxygen atoms in total. The van der Waals surface area contributed by atoms with Crippen molar-refractivity contribution in [2.45, 2.75) is 6.17 Å². The normalized spacial score (nSPS) is 14.1. The van der Waals surface area contributed by atoms with Crippen LogP contribution in [-0.4, -0.2) is 24.7 Å². The molecule has 0 aromatic heterocycles. The molecule has 0 fully saturated rings. The van der Waals surface area contributed by atoms with E-state index >= 15 is 0 Å². The Bertz CT molecular complexity index is 42.7. The second-order valence-corrected chi connectivity index (χ2v) is 2.20. The lowest BCUT2D eigenvalue weighted by atomic mass is 10.5. The number of alkyl halides is 1. The topological polar surface area (TPSA) is 26.0 Å². The highest BCUT2D eigenvalue weighted by molar-refractivity contribution is 7.98. The van der Waals surface area contributed by atoms with E-state index in [1.54, 1.807) is 0 Å². The summed E-state index contributed by atoms with van der Waals surface area (Å²) >= 11 is 1.48. The van der Waals surface area contributed by atoms with Gasteiger partial charge >= 0.3 is 0 Å². The summed E-state index contributed by atoms with van der Waals surface area (Å²) in [5.41, 5.74) is 4.97. The van der Waals surface area contributed by atoms with Crippen molar-refractivity contribution in [1.29, 1.82) is 0 Å². The highest BCUT2D eigenvalue weighted by atomic mass is 32.2. The van der Waals surface area contributed by atoms with E-state index in [0.717, 1.165) is 0 Å². The number of thioether (sulfide) groups is 1. The summed E-state index contributed by atoms with van der Waals surface area (Å²) in [5, 5.41) is 0. The van der Waals surface area contributed by atoms with Gasteiger partial charge in [0.1, 0.15) is 6.17 Å². The van der Waals surface area contributed by atoms with Gasteiger partial charge in [-0.15, -0.1) is 0 Å². The van der Waals surface area contributed by atoms with Gasteiger partial charge < -0.3 is 5.73 Å². The van der Waals surface area contributed by atoms with Crippen LogP contribution in [0, 0.1) is 0 Å². The lowest BCUT2D eigenvalue weighted by Crippen LogP contribution is -2.16. The minimum Gasteiger partial charge on any atom is -0.328 e. The quantitative estimate of drug-likeness (QED) is 0.596. The zero-order chi connectivity index (χ0) is 5.70. The second-order valence-electron chi connectivity index (χ2n) is 1.29. The Labute approximate surface area is 47.5 Å². The van der Waals surface area contributed by atoms with Gasteiger partial charge in [-0.2, -0.15) is 11.8 Å². The minimum absolute atomic E-state index is 0.154. The highest BCUT2D eigenvalue weighted by Crippen LogP contribution is 1.97. The zero-order valence-corrected chi connectivity index (χ0v) is 5.17. The van der Waals surface area contributed by atoms with Crippen molar-refractivity contribution in [1.82, 2.24) is 0 Å². The first-order chi connectivity index (χ1) is 3.31. The highest BCUT2D eigenvalue weighted by Gasteiger charge is 1.98. The van der Waals surface area contributed by atoms with Crippen LogP contribution in [0.4, 0.5) is 4.39 Å². The lowest BCUT2D eigenvalue weighted by Gasteiger charge is -1.98. The molecule has 0 bridgehead atoms. The lowest BCUT2D eigenvalue weighted by molar-refractivity contribution is 0.376. The van der Waals surface area contributed by atoms with Crippen molar-refractivity contribution in [2.75, 3.05) is 18.6 Å². The Morgan fingerprint density at radius 1 is 1.86 bits per heavy atom. The van der Waals surface area contributed by atoms with Gasteiger partial charge in [-0.25, -0.2) is 4.39 Å². The maximum atomic E-state index is 12.0. The molecule has 1 atom stereocenters. The maximum Gasteiger partial charge on any atom is 0.121 e. The Hall–Kier alpha value is 0.240. The van der Waals surface area contributed by atoms with Crippen molar-refractivity contribution < 1.29 is 4.39 Å². The van der Waals surface area contributed by atoms with Crippen LogP contribution in [0.2, 0.25) is 0 Å². The van der Waals surface area contributed by atoms with E-state index in [0.29, 0.717) is 5.75 Å². The Morgan fingerprint density at radius 2 is 2.43 bits per heavy atom. The van der Waals surface area contributed by atoms with Gasteiger partial charge in [0.2, 0.25) is 0 Å². The van der Waals surface area contributed by atoms with E-state index in [4.69, 9.17) is 5.73 Å². The first-order valence-corrected chi connectivity index (χ1v) is 3.53. The summed E-state index contributed by atoms with van der Waals surface area (Å²) in [6.45, 7) is 0.154. The zero-order valence-electron chi connectivity index (χ0n) is 4.36. The van der Waals surface area contributed by atoms with E-state index in [-0.39, 0.29) is 6.54 Å². The third kappa shape index (κ3) is 4.09. The molecular formula is C4H10FNS. The molecule has 1 unspecified atom stereocenters. The van der Waals surface area contributed by atoms with Crippen LogP contribution in [0.25, 0.3) is 0 Å². The molecule has 0 aliphatic heterocycles. The van der Waals surface area contributed by atoms with Crippen LogP contribution in [0.5, 0.6) is 0 Å². The fraction of sp³-hybridized carbons (Fsp3) is 1.00. The van der Waals surface area contributed by atoms with Crippen LogP contribution in [0.15, 0.2) is 0 Å². The van der Waals surface area contributed by atoms with Crippen LogP contribution in [0.3, 0.4) is 0 Å². The summed E-state index contributed by atoms with van der Waals surface area (Å²) in [5.74, 6) is 0.524. The summed E-state index contributed by atoms with van der Waals surface area (Å²) in [7, 11) is 0. The number of hydrogen-bond donors (Lipinski definition) is 1. The third-order valence-electron chi connectivity index (χ3n) is 0.603. The molecule has 0 spiro atoms. The summed E-state index contributed by atoms with van der Waals surface area (Å²) < 4.78 is 12.0. The van der Waals surface area contributed by atoms with Gasteiger partial charge in [0.25, 0.3) is 0 Å². The average Bonchev–Trinajstić information content (AvgIpc) is 1.68. The monoisotopic (exact) mass is 123 g/mol. The first kappa shape index (κ1) is 7.24. The van der Waals surface area contributed by atoms with Crippen molar-refractivity contribution in [3.8, 4) is 0 Å². The van der Waals surface area contributed by atoms with Crippen LogP contribution < -0.4 is 5.73 Å². The van der Waals surface area contributed by atoms with E-state index in [2.05, 4.69) is 0 Å². The Kier molecular flexibility index (Phi) is 4.55. The van der Waals surface area contributed by atoms with Gasteiger partial charge in [-0.05, 0) is 6.26 Å².